The number of benzene rings is 1. The zero-order valence-corrected chi connectivity index (χ0v) is 13.8. The average Bonchev–Trinajstić information content (AvgIpc) is 3.25. The predicted molar refractivity (Wildman–Crippen MR) is 89.3 cm³/mol. The summed E-state index contributed by atoms with van der Waals surface area (Å²) < 4.78 is 40.5. The molecule has 2 heterocycles. The van der Waals surface area contributed by atoms with Crippen LogP contribution in [0.2, 0.25) is 0 Å². The molecule has 0 spiro atoms. The van der Waals surface area contributed by atoms with E-state index in [1.165, 1.54) is 18.2 Å². The lowest BCUT2D eigenvalue weighted by atomic mass is 10.1. The van der Waals surface area contributed by atoms with Crippen molar-refractivity contribution in [2.75, 3.05) is 6.54 Å². The monoisotopic (exact) mass is 365 g/mol. The van der Waals surface area contributed by atoms with Crippen LogP contribution >= 0.6 is 11.3 Å². The molecule has 0 radical (unpaired) electrons. The van der Waals surface area contributed by atoms with E-state index in [1.807, 2.05) is 22.9 Å². The average molecular weight is 365 g/mol. The van der Waals surface area contributed by atoms with Crippen LogP contribution in [0, 0.1) is 0 Å². The van der Waals surface area contributed by atoms with Gasteiger partial charge in [-0.15, -0.1) is 0 Å². The van der Waals surface area contributed by atoms with E-state index in [1.54, 1.807) is 22.2 Å². The van der Waals surface area contributed by atoms with Gasteiger partial charge in [0.25, 0.3) is 5.91 Å². The van der Waals surface area contributed by atoms with E-state index >= 15 is 0 Å². The molecule has 8 heteroatoms. The fraction of sp³-hybridized carbons (Fsp3) is 0.176. The van der Waals surface area contributed by atoms with Crippen LogP contribution in [0.5, 0.6) is 0 Å². The van der Waals surface area contributed by atoms with Crippen molar-refractivity contribution in [1.82, 2.24) is 15.1 Å². The Labute approximate surface area is 145 Å². The van der Waals surface area contributed by atoms with E-state index in [0.29, 0.717) is 6.54 Å². The van der Waals surface area contributed by atoms with Gasteiger partial charge in [-0.2, -0.15) is 29.6 Å². The van der Waals surface area contributed by atoms with E-state index in [0.717, 1.165) is 17.3 Å². The number of aromatic nitrogens is 2. The highest BCUT2D eigenvalue weighted by Crippen LogP contribution is 2.31. The molecule has 0 aliphatic rings. The van der Waals surface area contributed by atoms with Crippen molar-refractivity contribution in [3.8, 4) is 11.3 Å². The van der Waals surface area contributed by atoms with Crippen molar-refractivity contribution in [3.63, 3.8) is 0 Å². The van der Waals surface area contributed by atoms with Crippen molar-refractivity contribution < 1.29 is 18.0 Å². The number of thiophene rings is 1. The lowest BCUT2D eigenvalue weighted by Gasteiger charge is -2.12. The molecule has 0 aliphatic heterocycles. The Hall–Kier alpha value is -2.61. The quantitative estimate of drug-likeness (QED) is 0.741. The molecule has 4 nitrogen and oxygen atoms in total. The Morgan fingerprint density at radius 1 is 1.20 bits per heavy atom. The van der Waals surface area contributed by atoms with Crippen LogP contribution in [0.25, 0.3) is 11.3 Å². The minimum Gasteiger partial charge on any atom is -0.350 e. The molecule has 0 saturated carbocycles. The molecule has 1 amide bonds. The summed E-state index contributed by atoms with van der Waals surface area (Å²) in [5.41, 5.74) is 0.502. The van der Waals surface area contributed by atoms with Gasteiger partial charge in [-0.05, 0) is 29.6 Å². The third-order valence-electron chi connectivity index (χ3n) is 3.56. The summed E-state index contributed by atoms with van der Waals surface area (Å²) in [6, 6.07) is 8.53. The molecule has 0 aliphatic carbocycles. The Bertz CT molecular complexity index is 856. The third kappa shape index (κ3) is 4.08. The zero-order valence-electron chi connectivity index (χ0n) is 13.0. The first-order valence-electron chi connectivity index (χ1n) is 7.45. The third-order valence-corrected chi connectivity index (χ3v) is 4.24. The second-order valence-electron chi connectivity index (χ2n) is 5.28. The first-order chi connectivity index (χ1) is 11.9. The van der Waals surface area contributed by atoms with Gasteiger partial charge < -0.3 is 5.32 Å². The molecule has 25 heavy (non-hydrogen) atoms. The number of carbonyl (C=O) groups excluding carboxylic acids is 1. The number of rotatable bonds is 5. The molecular formula is C17H14F3N3OS. The number of carbonyl (C=O) groups is 1. The Morgan fingerprint density at radius 3 is 2.72 bits per heavy atom. The number of hydrogen-bond donors (Lipinski definition) is 1. The molecular weight excluding hydrogens is 351 g/mol. The molecule has 1 N–H and O–H groups in total. The maximum absolute atomic E-state index is 12.9. The van der Waals surface area contributed by atoms with Gasteiger partial charge in [0.1, 0.15) is 0 Å². The van der Waals surface area contributed by atoms with Gasteiger partial charge in [0, 0.05) is 23.7 Å². The summed E-state index contributed by atoms with van der Waals surface area (Å²) in [6.45, 7) is 0.542. The van der Waals surface area contributed by atoms with Gasteiger partial charge in [0.05, 0.1) is 23.4 Å². The minimum atomic E-state index is -4.56. The number of amides is 1. The molecule has 0 bridgehead atoms. The molecule has 0 unspecified atom stereocenters. The van der Waals surface area contributed by atoms with Crippen LogP contribution in [0.3, 0.4) is 0 Å². The maximum atomic E-state index is 12.9. The largest absolute Gasteiger partial charge is 0.417 e. The van der Waals surface area contributed by atoms with Crippen LogP contribution in [0.1, 0.15) is 15.9 Å². The molecule has 1 aromatic carbocycles. The lowest BCUT2D eigenvalue weighted by molar-refractivity contribution is -0.137. The highest BCUT2D eigenvalue weighted by atomic mass is 32.1. The second-order valence-corrected chi connectivity index (χ2v) is 6.06. The van der Waals surface area contributed by atoms with Gasteiger partial charge in [0.2, 0.25) is 0 Å². The smallest absolute Gasteiger partial charge is 0.350 e. The molecule has 0 saturated heterocycles. The van der Waals surface area contributed by atoms with Gasteiger partial charge in [-0.3, -0.25) is 9.48 Å². The maximum Gasteiger partial charge on any atom is 0.417 e. The number of nitrogens with one attached hydrogen (secondary N) is 1. The normalized spacial score (nSPS) is 11.5. The standard InChI is InChI=1S/C17H14F3N3OS/c18-17(19,20)14-4-2-1-3-13(14)16(24)21-7-9-23-8-5-15(22-23)12-6-10-25-11-12/h1-6,8,10-11H,7,9H2,(H,21,24). The summed E-state index contributed by atoms with van der Waals surface area (Å²) in [7, 11) is 0. The van der Waals surface area contributed by atoms with Crippen molar-refractivity contribution in [1.29, 1.82) is 0 Å². The summed E-state index contributed by atoms with van der Waals surface area (Å²) in [5.74, 6) is -0.752. The Kier molecular flexibility index (Phi) is 4.89. The zero-order chi connectivity index (χ0) is 17.9. The van der Waals surface area contributed by atoms with Gasteiger partial charge >= 0.3 is 6.18 Å². The number of nitrogens with zero attached hydrogens (tertiary/aromatic N) is 2. The summed E-state index contributed by atoms with van der Waals surface area (Å²) in [5, 5.41) is 10.8. The minimum absolute atomic E-state index is 0.176. The van der Waals surface area contributed by atoms with Gasteiger partial charge in [-0.25, -0.2) is 0 Å². The molecule has 130 valence electrons. The Morgan fingerprint density at radius 2 is 2.00 bits per heavy atom. The molecule has 0 fully saturated rings. The highest BCUT2D eigenvalue weighted by Gasteiger charge is 2.34. The first-order valence-corrected chi connectivity index (χ1v) is 8.40. The fourth-order valence-electron chi connectivity index (χ4n) is 2.36. The van der Waals surface area contributed by atoms with Crippen molar-refractivity contribution in [2.24, 2.45) is 0 Å². The number of hydrogen-bond acceptors (Lipinski definition) is 3. The highest BCUT2D eigenvalue weighted by molar-refractivity contribution is 7.08. The van der Waals surface area contributed by atoms with Crippen molar-refractivity contribution in [2.45, 2.75) is 12.7 Å². The van der Waals surface area contributed by atoms with Crippen LogP contribution in [-0.2, 0) is 12.7 Å². The van der Waals surface area contributed by atoms with Gasteiger partial charge in [0.15, 0.2) is 0 Å². The predicted octanol–water partition coefficient (Wildman–Crippen LogP) is 4.06. The summed E-state index contributed by atoms with van der Waals surface area (Å²) in [4.78, 5) is 12.1. The van der Waals surface area contributed by atoms with E-state index < -0.39 is 17.6 Å². The van der Waals surface area contributed by atoms with Crippen LogP contribution in [0.15, 0.2) is 53.4 Å². The van der Waals surface area contributed by atoms with E-state index in [2.05, 4.69) is 10.4 Å². The van der Waals surface area contributed by atoms with Crippen LogP contribution < -0.4 is 5.32 Å². The molecule has 3 aromatic rings. The number of alkyl halides is 3. The van der Waals surface area contributed by atoms with E-state index in [-0.39, 0.29) is 12.1 Å². The van der Waals surface area contributed by atoms with E-state index in [9.17, 15) is 18.0 Å². The lowest BCUT2D eigenvalue weighted by Crippen LogP contribution is -2.29. The van der Waals surface area contributed by atoms with Crippen molar-refractivity contribution in [3.05, 3.63) is 64.5 Å². The SMILES string of the molecule is O=C(NCCn1ccc(-c2ccsc2)n1)c1ccccc1C(F)(F)F. The molecule has 2 aromatic heterocycles. The van der Waals surface area contributed by atoms with Crippen LogP contribution in [-0.4, -0.2) is 22.2 Å². The second kappa shape index (κ2) is 7.10. The number of halogens is 3. The van der Waals surface area contributed by atoms with Gasteiger partial charge in [-0.1, -0.05) is 12.1 Å². The van der Waals surface area contributed by atoms with Crippen molar-refractivity contribution >= 4 is 17.2 Å². The summed E-state index contributed by atoms with van der Waals surface area (Å²) in [6.07, 6.45) is -2.80. The first kappa shape index (κ1) is 17.2. The Balaban J connectivity index is 1.61. The van der Waals surface area contributed by atoms with E-state index in [4.69, 9.17) is 0 Å². The molecule has 0 atom stereocenters. The fourth-order valence-corrected chi connectivity index (χ4v) is 3.01. The van der Waals surface area contributed by atoms with Crippen LogP contribution in [0.4, 0.5) is 13.2 Å². The topological polar surface area (TPSA) is 46.9 Å². The molecule has 3 rings (SSSR count). The summed E-state index contributed by atoms with van der Waals surface area (Å²) >= 11 is 1.57.